The van der Waals surface area contributed by atoms with Gasteiger partial charge in [-0.2, -0.15) is 0 Å². The van der Waals surface area contributed by atoms with Crippen LogP contribution in [0.3, 0.4) is 0 Å². The van der Waals surface area contributed by atoms with E-state index < -0.39 is 0 Å². The Morgan fingerprint density at radius 3 is 2.59 bits per heavy atom. The van der Waals surface area contributed by atoms with Crippen LogP contribution in [0.2, 0.25) is 10.0 Å². The maximum atomic E-state index is 6.21. The van der Waals surface area contributed by atoms with E-state index in [1.54, 1.807) is 18.4 Å². The topological polar surface area (TPSA) is 48.2 Å². The first kappa shape index (κ1) is 19.6. The van der Waals surface area contributed by atoms with Gasteiger partial charge in [0.1, 0.15) is 19.7 Å². The second-order valence-electron chi connectivity index (χ2n) is 6.01. The van der Waals surface area contributed by atoms with E-state index in [9.17, 15) is 0 Å². The minimum atomic E-state index is 0.347. The van der Waals surface area contributed by atoms with Gasteiger partial charge in [-0.15, -0.1) is 0 Å². The normalized spacial score (nSPS) is 10.8. The summed E-state index contributed by atoms with van der Waals surface area (Å²) in [6.45, 7) is 4.49. The van der Waals surface area contributed by atoms with Crippen LogP contribution in [0.1, 0.15) is 23.8 Å². The number of halogens is 2. The average Bonchev–Trinajstić information content (AvgIpc) is 3.16. The molecule has 0 aliphatic heterocycles. The lowest BCUT2D eigenvalue weighted by molar-refractivity contribution is -0.688. The molecule has 0 unspecified atom stereocenters. The molecule has 142 valence electrons. The van der Waals surface area contributed by atoms with Crippen LogP contribution in [-0.4, -0.2) is 6.61 Å². The van der Waals surface area contributed by atoms with Gasteiger partial charge in [-0.1, -0.05) is 29.3 Å². The average molecular weight is 407 g/mol. The zero-order valence-corrected chi connectivity index (χ0v) is 16.6. The molecule has 1 heterocycles. The molecule has 1 aromatic heterocycles. The number of furan rings is 1. The van der Waals surface area contributed by atoms with Gasteiger partial charge in [0, 0.05) is 21.2 Å². The number of quaternary nitrogens is 1. The largest absolute Gasteiger partial charge is 0.490 e. The van der Waals surface area contributed by atoms with Crippen molar-refractivity contribution < 1.29 is 19.2 Å². The molecule has 0 amide bonds. The van der Waals surface area contributed by atoms with Crippen molar-refractivity contribution in [2.45, 2.75) is 26.6 Å². The first-order valence-corrected chi connectivity index (χ1v) is 9.57. The van der Waals surface area contributed by atoms with Crippen LogP contribution in [0.4, 0.5) is 0 Å². The molecule has 2 aromatic carbocycles. The van der Waals surface area contributed by atoms with Crippen LogP contribution >= 0.6 is 23.2 Å². The quantitative estimate of drug-likeness (QED) is 0.553. The summed E-state index contributed by atoms with van der Waals surface area (Å²) in [6.07, 6.45) is 1.69. The van der Waals surface area contributed by atoms with E-state index in [1.807, 2.05) is 43.3 Å². The number of hydrogen-bond donors (Lipinski definition) is 1. The fourth-order valence-corrected chi connectivity index (χ4v) is 3.13. The summed E-state index contributed by atoms with van der Waals surface area (Å²) in [5.41, 5.74) is 2.03. The molecule has 0 atom stereocenters. The molecule has 0 aliphatic rings. The smallest absolute Gasteiger partial charge is 0.161 e. The fraction of sp³-hybridized carbons (Fsp3) is 0.238. The van der Waals surface area contributed by atoms with Gasteiger partial charge >= 0.3 is 0 Å². The van der Waals surface area contributed by atoms with Gasteiger partial charge in [0.05, 0.1) is 12.9 Å². The van der Waals surface area contributed by atoms with E-state index in [2.05, 4.69) is 5.32 Å². The Morgan fingerprint density at radius 1 is 0.963 bits per heavy atom. The Morgan fingerprint density at radius 2 is 1.85 bits per heavy atom. The summed E-state index contributed by atoms with van der Waals surface area (Å²) in [4.78, 5) is 0. The molecule has 0 saturated carbocycles. The molecule has 0 fully saturated rings. The van der Waals surface area contributed by atoms with Gasteiger partial charge in [-0.3, -0.25) is 0 Å². The highest BCUT2D eigenvalue weighted by molar-refractivity contribution is 6.35. The number of rotatable bonds is 9. The lowest BCUT2D eigenvalue weighted by Crippen LogP contribution is -2.80. The lowest BCUT2D eigenvalue weighted by Gasteiger charge is -2.14. The molecule has 0 saturated heterocycles. The molecule has 0 bridgehead atoms. The van der Waals surface area contributed by atoms with Crippen molar-refractivity contribution in [2.75, 3.05) is 6.61 Å². The summed E-state index contributed by atoms with van der Waals surface area (Å²) in [5.74, 6) is 2.38. The van der Waals surface area contributed by atoms with Crippen molar-refractivity contribution >= 4 is 23.2 Å². The first-order chi connectivity index (χ1) is 13.2. The predicted octanol–water partition coefficient (Wildman–Crippen LogP) is 4.83. The molecule has 6 heteroatoms. The van der Waals surface area contributed by atoms with Crippen LogP contribution < -0.4 is 14.8 Å². The van der Waals surface area contributed by atoms with E-state index in [0.717, 1.165) is 35.7 Å². The van der Waals surface area contributed by atoms with E-state index in [0.29, 0.717) is 29.0 Å². The second kappa shape index (κ2) is 9.70. The summed E-state index contributed by atoms with van der Waals surface area (Å²) in [7, 11) is 0. The summed E-state index contributed by atoms with van der Waals surface area (Å²) in [6, 6.07) is 15.2. The number of benzene rings is 2. The highest BCUT2D eigenvalue weighted by Gasteiger charge is 2.10. The van der Waals surface area contributed by atoms with Crippen LogP contribution in [0.25, 0.3) is 0 Å². The van der Waals surface area contributed by atoms with Gasteiger partial charge in [0.25, 0.3) is 0 Å². The van der Waals surface area contributed by atoms with Crippen molar-refractivity contribution in [3.63, 3.8) is 0 Å². The third-order valence-electron chi connectivity index (χ3n) is 4.01. The molecule has 0 aliphatic carbocycles. The van der Waals surface area contributed by atoms with Gasteiger partial charge < -0.3 is 19.2 Å². The van der Waals surface area contributed by atoms with Crippen LogP contribution in [-0.2, 0) is 19.7 Å². The lowest BCUT2D eigenvalue weighted by atomic mass is 10.2. The van der Waals surface area contributed by atoms with Gasteiger partial charge in [0.15, 0.2) is 17.3 Å². The number of nitrogens with two attached hydrogens (primary N) is 1. The zero-order chi connectivity index (χ0) is 19.1. The van der Waals surface area contributed by atoms with Crippen LogP contribution in [0.5, 0.6) is 11.5 Å². The SMILES string of the molecule is CCOc1cc(C[NH2+]Cc2ccco2)ccc1OCc1ccc(Cl)cc1Cl. The highest BCUT2D eigenvalue weighted by Crippen LogP contribution is 2.30. The summed E-state index contributed by atoms with van der Waals surface area (Å²) < 4.78 is 17.0. The molecule has 0 radical (unpaired) electrons. The Hall–Kier alpha value is -2.14. The minimum Gasteiger partial charge on any atom is -0.490 e. The van der Waals surface area contributed by atoms with Gasteiger partial charge in [-0.05, 0) is 49.4 Å². The molecule has 27 heavy (non-hydrogen) atoms. The number of hydrogen-bond acceptors (Lipinski definition) is 3. The van der Waals surface area contributed by atoms with Crippen molar-refractivity contribution in [3.05, 3.63) is 81.7 Å². The third kappa shape index (κ3) is 5.67. The van der Waals surface area contributed by atoms with Crippen molar-refractivity contribution in [3.8, 4) is 11.5 Å². The molecule has 3 rings (SSSR count). The molecular weight excluding hydrogens is 385 g/mol. The standard InChI is InChI=1S/C21H21Cl2NO3/c1-2-25-21-10-15(12-24-13-18-4-3-9-26-18)5-8-20(21)27-14-16-6-7-17(22)11-19(16)23/h3-11,24H,2,12-14H2,1H3/p+1. The molecule has 0 spiro atoms. The Labute approximate surface area is 169 Å². The zero-order valence-electron chi connectivity index (χ0n) is 15.1. The fourth-order valence-electron chi connectivity index (χ4n) is 2.67. The van der Waals surface area contributed by atoms with Crippen molar-refractivity contribution in [1.29, 1.82) is 0 Å². The van der Waals surface area contributed by atoms with Crippen LogP contribution in [0.15, 0.2) is 59.2 Å². The van der Waals surface area contributed by atoms with E-state index >= 15 is 0 Å². The van der Waals surface area contributed by atoms with Gasteiger partial charge in [-0.25, -0.2) is 0 Å². The molecule has 4 nitrogen and oxygen atoms in total. The third-order valence-corrected chi connectivity index (χ3v) is 4.60. The van der Waals surface area contributed by atoms with E-state index in [-0.39, 0.29) is 0 Å². The Bertz CT molecular complexity index is 866. The van der Waals surface area contributed by atoms with Crippen LogP contribution in [0, 0.1) is 0 Å². The minimum absolute atomic E-state index is 0.347. The van der Waals surface area contributed by atoms with Crippen molar-refractivity contribution in [2.24, 2.45) is 0 Å². The number of ether oxygens (including phenoxy) is 2. The molecular formula is C21H22Cl2NO3+. The first-order valence-electron chi connectivity index (χ1n) is 8.82. The van der Waals surface area contributed by atoms with Gasteiger partial charge in [0.2, 0.25) is 0 Å². The monoisotopic (exact) mass is 406 g/mol. The van der Waals surface area contributed by atoms with E-state index in [1.165, 1.54) is 0 Å². The predicted molar refractivity (Wildman–Crippen MR) is 106 cm³/mol. The molecule has 3 aromatic rings. The Kier molecular flexibility index (Phi) is 7.04. The summed E-state index contributed by atoms with van der Waals surface area (Å²) >= 11 is 12.2. The Balaban J connectivity index is 1.63. The highest BCUT2D eigenvalue weighted by atomic mass is 35.5. The van der Waals surface area contributed by atoms with E-state index in [4.69, 9.17) is 37.1 Å². The maximum absolute atomic E-state index is 6.21. The molecule has 2 N–H and O–H groups in total. The summed E-state index contributed by atoms with van der Waals surface area (Å²) in [5, 5.41) is 3.37. The van der Waals surface area contributed by atoms with Crippen molar-refractivity contribution in [1.82, 2.24) is 0 Å². The second-order valence-corrected chi connectivity index (χ2v) is 6.86. The maximum Gasteiger partial charge on any atom is 0.161 e.